The molecule has 0 aromatic carbocycles. The van der Waals surface area contributed by atoms with E-state index in [-0.39, 0.29) is 0 Å². The van der Waals surface area contributed by atoms with Crippen molar-refractivity contribution in [3.05, 3.63) is 0 Å². The molecule has 6 heteroatoms. The molecule has 150 valence electrons. The van der Waals surface area contributed by atoms with E-state index in [2.05, 4.69) is 46.2 Å². The summed E-state index contributed by atoms with van der Waals surface area (Å²) < 4.78 is 0. The van der Waals surface area contributed by atoms with Gasteiger partial charge in [-0.15, -0.1) is 0 Å². The van der Waals surface area contributed by atoms with Gasteiger partial charge >= 0.3 is 0 Å². The summed E-state index contributed by atoms with van der Waals surface area (Å²) in [5.74, 6) is 2.36. The third kappa shape index (κ3) is 6.78. The second-order valence-corrected chi connectivity index (χ2v) is 8.31. The highest BCUT2D eigenvalue weighted by molar-refractivity contribution is 5.80. The van der Waals surface area contributed by atoms with Gasteiger partial charge in [-0.05, 0) is 38.5 Å². The molecular formula is C20H39N5O. The van der Waals surface area contributed by atoms with Gasteiger partial charge in [-0.1, -0.05) is 20.3 Å². The van der Waals surface area contributed by atoms with E-state index in [0.717, 1.165) is 70.4 Å². The lowest BCUT2D eigenvalue weighted by molar-refractivity contribution is -0.139. The van der Waals surface area contributed by atoms with Gasteiger partial charge in [-0.3, -0.25) is 14.7 Å². The third-order valence-corrected chi connectivity index (χ3v) is 5.64. The minimum Gasteiger partial charge on any atom is -0.355 e. The summed E-state index contributed by atoms with van der Waals surface area (Å²) in [6, 6.07) is 0.435. The molecule has 1 saturated heterocycles. The highest BCUT2D eigenvalue weighted by Crippen LogP contribution is 2.28. The number of nitrogens with zero attached hydrogens (tertiary/aromatic N) is 3. The number of nitrogens with one attached hydrogen (secondary N) is 2. The van der Waals surface area contributed by atoms with Crippen LogP contribution in [0.15, 0.2) is 4.99 Å². The van der Waals surface area contributed by atoms with Crippen LogP contribution >= 0.6 is 0 Å². The van der Waals surface area contributed by atoms with Crippen LogP contribution in [0.5, 0.6) is 0 Å². The Hall–Kier alpha value is -1.30. The largest absolute Gasteiger partial charge is 0.355 e. The summed E-state index contributed by atoms with van der Waals surface area (Å²) >= 11 is 0. The predicted molar refractivity (Wildman–Crippen MR) is 108 cm³/mol. The van der Waals surface area contributed by atoms with Gasteiger partial charge in [-0.2, -0.15) is 0 Å². The highest BCUT2D eigenvalue weighted by atomic mass is 16.2. The van der Waals surface area contributed by atoms with Crippen LogP contribution in [0.25, 0.3) is 0 Å². The fraction of sp³-hybridized carbons (Fsp3) is 0.900. The summed E-state index contributed by atoms with van der Waals surface area (Å²) in [5, 5.41) is 6.90. The molecule has 2 fully saturated rings. The number of aliphatic imine (C=N–C) groups is 1. The Morgan fingerprint density at radius 3 is 2.35 bits per heavy atom. The maximum Gasteiger partial charge on any atom is 0.225 e. The van der Waals surface area contributed by atoms with E-state index in [9.17, 15) is 4.79 Å². The average Bonchev–Trinajstić information content (AvgIpc) is 2.58. The number of guanidine groups is 1. The molecule has 1 unspecified atom stereocenters. The van der Waals surface area contributed by atoms with E-state index in [1.165, 1.54) is 12.8 Å². The van der Waals surface area contributed by atoms with Crippen molar-refractivity contribution in [3.63, 3.8) is 0 Å². The Bertz CT molecular complexity index is 453. The lowest BCUT2D eigenvalue weighted by Gasteiger charge is -2.38. The van der Waals surface area contributed by atoms with Crippen molar-refractivity contribution in [1.82, 2.24) is 20.4 Å². The molecule has 1 amide bonds. The van der Waals surface area contributed by atoms with Crippen molar-refractivity contribution in [1.29, 1.82) is 0 Å². The van der Waals surface area contributed by atoms with Crippen LogP contribution in [0.3, 0.4) is 0 Å². The monoisotopic (exact) mass is 365 g/mol. The van der Waals surface area contributed by atoms with Gasteiger partial charge in [0.15, 0.2) is 5.96 Å². The summed E-state index contributed by atoms with van der Waals surface area (Å²) in [6.07, 6.45) is 5.83. The number of carbonyl (C=O) groups is 1. The second-order valence-electron chi connectivity index (χ2n) is 8.31. The van der Waals surface area contributed by atoms with Crippen LogP contribution in [0.4, 0.5) is 0 Å². The fourth-order valence-corrected chi connectivity index (χ4v) is 3.52. The molecule has 0 bridgehead atoms. The van der Waals surface area contributed by atoms with Gasteiger partial charge in [0.05, 0.1) is 0 Å². The predicted octanol–water partition coefficient (Wildman–Crippen LogP) is 1.92. The first-order valence-corrected chi connectivity index (χ1v) is 10.5. The number of rotatable bonds is 8. The first kappa shape index (κ1) is 21.0. The quantitative estimate of drug-likeness (QED) is 0.510. The summed E-state index contributed by atoms with van der Waals surface area (Å²) in [5.41, 5.74) is 0. The van der Waals surface area contributed by atoms with Crippen molar-refractivity contribution in [2.45, 2.75) is 58.9 Å². The standard InChI is InChI=1S/C20H39N5O/c1-16(2)8-9-17(3)23-20(21-4)22-10-11-24-12-14-25(15-13-24)19(26)18-6-5-7-18/h16-18H,5-15H2,1-4H3,(H2,21,22,23). The Morgan fingerprint density at radius 2 is 1.81 bits per heavy atom. The number of hydrogen-bond donors (Lipinski definition) is 2. The molecule has 0 aromatic heterocycles. The van der Waals surface area contributed by atoms with Crippen molar-refractivity contribution in [3.8, 4) is 0 Å². The van der Waals surface area contributed by atoms with E-state index < -0.39 is 0 Å². The molecule has 0 spiro atoms. The molecule has 0 aromatic rings. The molecule has 2 rings (SSSR count). The lowest BCUT2D eigenvalue weighted by Crippen LogP contribution is -2.52. The van der Waals surface area contributed by atoms with Crippen LogP contribution in [-0.4, -0.2) is 74.0 Å². The molecule has 2 aliphatic rings. The fourth-order valence-electron chi connectivity index (χ4n) is 3.52. The number of piperazine rings is 1. The number of amides is 1. The molecule has 6 nitrogen and oxygen atoms in total. The molecule has 26 heavy (non-hydrogen) atoms. The van der Waals surface area contributed by atoms with E-state index >= 15 is 0 Å². The van der Waals surface area contributed by atoms with Gasteiger partial charge in [-0.25, -0.2) is 0 Å². The minimum atomic E-state index is 0.329. The van der Waals surface area contributed by atoms with Gasteiger partial charge < -0.3 is 15.5 Å². The lowest BCUT2D eigenvalue weighted by atomic mass is 9.84. The van der Waals surface area contributed by atoms with E-state index in [1.807, 2.05) is 7.05 Å². The highest BCUT2D eigenvalue weighted by Gasteiger charge is 2.30. The second kappa shape index (κ2) is 10.8. The molecular weight excluding hydrogens is 326 g/mol. The zero-order valence-corrected chi connectivity index (χ0v) is 17.3. The SMILES string of the molecule is CN=C(NCCN1CCN(C(=O)C2CCC2)CC1)NC(C)CCC(C)C. The molecule has 2 N–H and O–H groups in total. The van der Waals surface area contributed by atoms with Crippen molar-refractivity contribution in [2.24, 2.45) is 16.8 Å². The Balaban J connectivity index is 1.59. The van der Waals surface area contributed by atoms with E-state index in [4.69, 9.17) is 0 Å². The Labute approximate surface area is 159 Å². The maximum absolute atomic E-state index is 12.3. The van der Waals surface area contributed by atoms with Gasteiger partial charge in [0, 0.05) is 58.3 Å². The summed E-state index contributed by atoms with van der Waals surface area (Å²) in [4.78, 5) is 21.1. The summed E-state index contributed by atoms with van der Waals surface area (Å²) in [6.45, 7) is 12.4. The first-order valence-electron chi connectivity index (χ1n) is 10.5. The molecule has 1 aliphatic carbocycles. The van der Waals surface area contributed by atoms with E-state index in [0.29, 0.717) is 17.9 Å². The maximum atomic E-state index is 12.3. The average molecular weight is 366 g/mol. The van der Waals surface area contributed by atoms with Crippen LogP contribution < -0.4 is 10.6 Å². The minimum absolute atomic E-state index is 0.329. The summed E-state index contributed by atoms with van der Waals surface area (Å²) in [7, 11) is 1.83. The number of carbonyl (C=O) groups excluding carboxylic acids is 1. The van der Waals surface area contributed by atoms with Crippen LogP contribution in [0, 0.1) is 11.8 Å². The normalized spacial score (nSPS) is 20.8. The smallest absolute Gasteiger partial charge is 0.225 e. The third-order valence-electron chi connectivity index (χ3n) is 5.64. The van der Waals surface area contributed by atoms with Crippen molar-refractivity contribution >= 4 is 11.9 Å². The topological polar surface area (TPSA) is 60.0 Å². The molecule has 0 radical (unpaired) electrons. The Morgan fingerprint density at radius 1 is 1.12 bits per heavy atom. The molecule has 1 heterocycles. The zero-order chi connectivity index (χ0) is 18.9. The van der Waals surface area contributed by atoms with Crippen LogP contribution in [-0.2, 0) is 4.79 Å². The molecule has 1 atom stereocenters. The van der Waals surface area contributed by atoms with E-state index in [1.54, 1.807) is 0 Å². The van der Waals surface area contributed by atoms with Gasteiger partial charge in [0.25, 0.3) is 0 Å². The Kier molecular flexibility index (Phi) is 8.69. The van der Waals surface area contributed by atoms with Gasteiger partial charge in [0.1, 0.15) is 0 Å². The molecule has 1 aliphatic heterocycles. The van der Waals surface area contributed by atoms with Gasteiger partial charge in [0.2, 0.25) is 5.91 Å². The first-order chi connectivity index (χ1) is 12.5. The zero-order valence-electron chi connectivity index (χ0n) is 17.3. The van der Waals surface area contributed by atoms with Crippen LogP contribution in [0.2, 0.25) is 0 Å². The molecule has 1 saturated carbocycles. The van der Waals surface area contributed by atoms with Crippen molar-refractivity contribution in [2.75, 3.05) is 46.3 Å². The van der Waals surface area contributed by atoms with Crippen molar-refractivity contribution < 1.29 is 4.79 Å². The van der Waals surface area contributed by atoms with Crippen LogP contribution in [0.1, 0.15) is 52.9 Å². The number of hydrogen-bond acceptors (Lipinski definition) is 3.